The van der Waals surface area contributed by atoms with Gasteiger partial charge in [-0.15, -0.1) is 11.8 Å². The molecular weight excluding hydrogens is 215 g/mol. The van der Waals surface area contributed by atoms with Gasteiger partial charge in [-0.2, -0.15) is 13.2 Å². The van der Waals surface area contributed by atoms with Crippen LogP contribution in [-0.2, 0) is 0 Å². The first-order valence-corrected chi connectivity index (χ1v) is 4.94. The zero-order chi connectivity index (χ0) is 10.6. The first-order chi connectivity index (χ1) is 6.51. The lowest BCUT2D eigenvalue weighted by Gasteiger charge is -2.08. The van der Waals surface area contributed by atoms with Crippen LogP contribution in [0.3, 0.4) is 0 Å². The van der Waals surface area contributed by atoms with Crippen molar-refractivity contribution in [3.63, 3.8) is 0 Å². The molecule has 0 spiro atoms. The Morgan fingerprint density at radius 1 is 1.43 bits per heavy atom. The minimum atomic E-state index is -4.32. The van der Waals surface area contributed by atoms with Gasteiger partial charge in [-0.1, -0.05) is 6.07 Å². The maximum Gasteiger partial charge on any atom is 0.422 e. The molecule has 2 nitrogen and oxygen atoms in total. The molecule has 0 N–H and O–H groups in total. The van der Waals surface area contributed by atoms with Crippen molar-refractivity contribution in [2.45, 2.75) is 11.2 Å². The van der Waals surface area contributed by atoms with E-state index in [2.05, 4.69) is 9.72 Å². The number of hydrogen-bond donors (Lipinski definition) is 0. The van der Waals surface area contributed by atoms with Gasteiger partial charge in [-0.05, 0) is 12.3 Å². The summed E-state index contributed by atoms with van der Waals surface area (Å²) in [7, 11) is 0. The van der Waals surface area contributed by atoms with Crippen molar-refractivity contribution in [3.8, 4) is 5.88 Å². The van der Waals surface area contributed by atoms with Gasteiger partial charge >= 0.3 is 6.18 Å². The van der Waals surface area contributed by atoms with Gasteiger partial charge in [-0.3, -0.25) is 0 Å². The van der Waals surface area contributed by atoms with Crippen LogP contribution >= 0.6 is 11.8 Å². The molecule has 0 aliphatic rings. The van der Waals surface area contributed by atoms with Crippen LogP contribution in [0.25, 0.3) is 0 Å². The Morgan fingerprint density at radius 3 is 2.71 bits per heavy atom. The van der Waals surface area contributed by atoms with E-state index in [4.69, 9.17) is 0 Å². The number of halogens is 3. The summed E-state index contributed by atoms with van der Waals surface area (Å²) >= 11 is 1.34. The summed E-state index contributed by atoms with van der Waals surface area (Å²) in [5.74, 6) is -0.00539. The van der Waals surface area contributed by atoms with Crippen LogP contribution in [0.1, 0.15) is 0 Å². The first-order valence-electron chi connectivity index (χ1n) is 3.72. The van der Waals surface area contributed by atoms with Gasteiger partial charge < -0.3 is 4.74 Å². The van der Waals surface area contributed by atoms with Crippen LogP contribution in [0, 0.1) is 0 Å². The predicted octanol–water partition coefficient (Wildman–Crippen LogP) is 2.74. The lowest BCUT2D eigenvalue weighted by Crippen LogP contribution is -2.19. The minimum absolute atomic E-state index is 0.00539. The van der Waals surface area contributed by atoms with Crippen molar-refractivity contribution >= 4 is 11.8 Å². The molecule has 1 rings (SSSR count). The van der Waals surface area contributed by atoms with E-state index in [-0.39, 0.29) is 5.88 Å². The Hall–Kier alpha value is -0.910. The van der Waals surface area contributed by atoms with Gasteiger partial charge in [0.15, 0.2) is 6.61 Å². The van der Waals surface area contributed by atoms with E-state index in [0.717, 1.165) is 0 Å². The van der Waals surface area contributed by atoms with E-state index in [9.17, 15) is 13.2 Å². The summed E-state index contributed by atoms with van der Waals surface area (Å²) in [6, 6.07) is 4.70. The van der Waals surface area contributed by atoms with Crippen molar-refractivity contribution < 1.29 is 17.9 Å². The fourth-order valence-electron chi connectivity index (χ4n) is 0.746. The van der Waals surface area contributed by atoms with Crippen molar-refractivity contribution in [1.29, 1.82) is 0 Å². The lowest BCUT2D eigenvalue weighted by atomic mass is 10.5. The fourth-order valence-corrected chi connectivity index (χ4v) is 1.14. The number of alkyl halides is 3. The first kappa shape index (κ1) is 11.2. The van der Waals surface area contributed by atoms with E-state index in [1.807, 2.05) is 0 Å². The lowest BCUT2D eigenvalue weighted by molar-refractivity contribution is -0.154. The Balaban J connectivity index is 2.59. The zero-order valence-electron chi connectivity index (χ0n) is 7.34. The van der Waals surface area contributed by atoms with Crippen LogP contribution in [0.5, 0.6) is 5.88 Å². The van der Waals surface area contributed by atoms with Crippen LogP contribution in [0.2, 0.25) is 0 Å². The molecule has 0 bridgehead atoms. The average Bonchev–Trinajstić information content (AvgIpc) is 2.14. The van der Waals surface area contributed by atoms with E-state index >= 15 is 0 Å². The molecule has 0 radical (unpaired) electrons. The smallest absolute Gasteiger partial charge is 0.422 e. The van der Waals surface area contributed by atoms with Crippen molar-refractivity contribution in [3.05, 3.63) is 18.2 Å². The molecule has 0 saturated heterocycles. The maximum atomic E-state index is 11.8. The van der Waals surface area contributed by atoms with Crippen molar-refractivity contribution in [2.24, 2.45) is 0 Å². The number of ether oxygens (including phenoxy) is 1. The summed E-state index contributed by atoms with van der Waals surface area (Å²) in [5, 5.41) is 0.629. The van der Waals surface area contributed by atoms with Crippen LogP contribution in [-0.4, -0.2) is 24.0 Å². The SMILES string of the molecule is CSc1cccc(OCC(F)(F)F)n1. The highest BCUT2D eigenvalue weighted by Crippen LogP contribution is 2.19. The summed E-state index contributed by atoms with van der Waals surface area (Å²) < 4.78 is 39.8. The van der Waals surface area contributed by atoms with Crippen molar-refractivity contribution in [1.82, 2.24) is 4.98 Å². The Morgan fingerprint density at radius 2 is 2.14 bits per heavy atom. The molecule has 1 aromatic rings. The van der Waals surface area contributed by atoms with Gasteiger partial charge in [0.05, 0.1) is 5.03 Å². The summed E-state index contributed by atoms with van der Waals surface area (Å²) in [6.45, 7) is -1.31. The molecule has 0 amide bonds. The molecule has 0 atom stereocenters. The zero-order valence-corrected chi connectivity index (χ0v) is 8.15. The quantitative estimate of drug-likeness (QED) is 0.735. The number of thioether (sulfide) groups is 1. The maximum absolute atomic E-state index is 11.8. The largest absolute Gasteiger partial charge is 0.468 e. The minimum Gasteiger partial charge on any atom is -0.468 e. The third-order valence-electron chi connectivity index (χ3n) is 1.29. The Labute approximate surface area is 83.5 Å². The monoisotopic (exact) mass is 223 g/mol. The fraction of sp³-hybridized carbons (Fsp3) is 0.375. The van der Waals surface area contributed by atoms with Crippen LogP contribution < -0.4 is 4.74 Å². The highest BCUT2D eigenvalue weighted by molar-refractivity contribution is 7.98. The number of nitrogens with zero attached hydrogens (tertiary/aromatic N) is 1. The molecule has 14 heavy (non-hydrogen) atoms. The molecule has 1 aromatic heterocycles. The third kappa shape index (κ3) is 3.87. The second kappa shape index (κ2) is 4.54. The number of hydrogen-bond acceptors (Lipinski definition) is 3. The van der Waals surface area contributed by atoms with Crippen LogP contribution in [0.15, 0.2) is 23.2 Å². The number of rotatable bonds is 3. The summed E-state index contributed by atoms with van der Waals surface area (Å²) in [4.78, 5) is 3.84. The molecule has 78 valence electrons. The molecule has 0 aliphatic carbocycles. The standard InChI is InChI=1S/C8H8F3NOS/c1-14-7-4-2-3-6(12-7)13-5-8(9,10)11/h2-4H,5H2,1H3. The van der Waals surface area contributed by atoms with E-state index in [1.54, 1.807) is 18.4 Å². The molecule has 6 heteroatoms. The van der Waals surface area contributed by atoms with Gasteiger partial charge in [-0.25, -0.2) is 4.98 Å². The Bertz CT molecular complexity index is 303. The topological polar surface area (TPSA) is 22.1 Å². The molecule has 0 aromatic carbocycles. The molecule has 0 aliphatic heterocycles. The second-order valence-corrected chi connectivity index (χ2v) is 3.25. The van der Waals surface area contributed by atoms with E-state index < -0.39 is 12.8 Å². The summed E-state index contributed by atoms with van der Waals surface area (Å²) in [5.41, 5.74) is 0. The van der Waals surface area contributed by atoms with Crippen molar-refractivity contribution in [2.75, 3.05) is 12.9 Å². The molecule has 0 saturated carbocycles. The summed E-state index contributed by atoms with van der Waals surface area (Å²) in [6.07, 6.45) is -2.53. The van der Waals surface area contributed by atoms with Gasteiger partial charge in [0.25, 0.3) is 0 Å². The van der Waals surface area contributed by atoms with Gasteiger partial charge in [0.1, 0.15) is 0 Å². The molecule has 0 unspecified atom stereocenters. The number of aromatic nitrogens is 1. The predicted molar refractivity (Wildman–Crippen MR) is 47.6 cm³/mol. The molecule has 1 heterocycles. The van der Waals surface area contributed by atoms with Crippen LogP contribution in [0.4, 0.5) is 13.2 Å². The highest BCUT2D eigenvalue weighted by atomic mass is 32.2. The Kier molecular flexibility index (Phi) is 3.62. The van der Waals surface area contributed by atoms with Gasteiger partial charge in [0, 0.05) is 6.07 Å². The molecular formula is C8H8F3NOS. The third-order valence-corrected chi connectivity index (χ3v) is 1.94. The number of pyridine rings is 1. The molecule has 0 fully saturated rings. The van der Waals surface area contributed by atoms with E-state index in [0.29, 0.717) is 5.03 Å². The van der Waals surface area contributed by atoms with E-state index in [1.165, 1.54) is 17.8 Å². The normalized spacial score (nSPS) is 11.4. The average molecular weight is 223 g/mol. The van der Waals surface area contributed by atoms with Gasteiger partial charge in [0.2, 0.25) is 5.88 Å². The second-order valence-electron chi connectivity index (χ2n) is 2.42. The highest BCUT2D eigenvalue weighted by Gasteiger charge is 2.28.